The van der Waals surface area contributed by atoms with Gasteiger partial charge in [-0.15, -0.1) is 5.10 Å². The van der Waals surface area contributed by atoms with Crippen LogP contribution >= 0.6 is 11.5 Å². The van der Waals surface area contributed by atoms with Crippen LogP contribution in [0.3, 0.4) is 0 Å². The summed E-state index contributed by atoms with van der Waals surface area (Å²) in [5, 5.41) is 8.68. The third-order valence-corrected chi connectivity index (χ3v) is 3.94. The van der Waals surface area contributed by atoms with Gasteiger partial charge in [0.1, 0.15) is 10.7 Å². The molecule has 0 radical (unpaired) electrons. The van der Waals surface area contributed by atoms with Crippen molar-refractivity contribution >= 4 is 16.5 Å². The van der Waals surface area contributed by atoms with Crippen molar-refractivity contribution in [2.45, 2.75) is 26.4 Å². The van der Waals surface area contributed by atoms with Crippen LogP contribution in [-0.2, 0) is 6.54 Å². The number of nitrogens with one attached hydrogen (secondary N) is 1. The van der Waals surface area contributed by atoms with Crippen molar-refractivity contribution in [1.82, 2.24) is 19.4 Å². The molecule has 0 aromatic carbocycles. The lowest BCUT2D eigenvalue weighted by Crippen LogP contribution is -2.49. The molecule has 0 spiro atoms. The molecule has 0 bridgehead atoms. The summed E-state index contributed by atoms with van der Waals surface area (Å²) in [6.45, 7) is 9.60. The predicted molar refractivity (Wildman–Crippen MR) is 71.4 cm³/mol. The molecule has 1 aliphatic rings. The largest absolute Gasteiger partial charge is 0.374 e. The Morgan fingerprint density at radius 1 is 1.47 bits per heavy atom. The van der Waals surface area contributed by atoms with Crippen LogP contribution in [0, 0.1) is 0 Å². The molecule has 1 N–H and O–H groups in total. The van der Waals surface area contributed by atoms with Gasteiger partial charge < -0.3 is 10.2 Å². The number of likely N-dealkylation sites (N-methyl/N-ethyl adjacent to an activating group) is 1. The fourth-order valence-corrected chi connectivity index (χ4v) is 2.85. The zero-order valence-corrected chi connectivity index (χ0v) is 11.6. The maximum absolute atomic E-state index is 4.23. The van der Waals surface area contributed by atoms with E-state index < -0.39 is 0 Å². The van der Waals surface area contributed by atoms with E-state index in [2.05, 4.69) is 45.6 Å². The Hall–Kier alpha value is -0.720. The van der Waals surface area contributed by atoms with Crippen molar-refractivity contribution in [3.63, 3.8) is 0 Å². The average molecular weight is 255 g/mol. The fourth-order valence-electron chi connectivity index (χ4n) is 2.21. The molecule has 1 saturated heterocycles. The molecule has 1 aromatic heterocycles. The van der Waals surface area contributed by atoms with Crippen LogP contribution in [0.25, 0.3) is 0 Å². The maximum Gasteiger partial charge on any atom is 0.134 e. The molecule has 5 nitrogen and oxygen atoms in total. The van der Waals surface area contributed by atoms with E-state index in [1.54, 1.807) is 0 Å². The highest BCUT2D eigenvalue weighted by Crippen LogP contribution is 2.21. The standard InChI is InChI=1S/C11H21N5S/c1-4-12-11-10(13-14-17-11)8-16-6-5-15(3)7-9(16)2/h9,12H,4-8H2,1-3H3. The second-order valence-electron chi connectivity index (χ2n) is 4.66. The lowest BCUT2D eigenvalue weighted by atomic mass is 10.2. The van der Waals surface area contributed by atoms with Crippen LogP contribution in [0.15, 0.2) is 0 Å². The predicted octanol–water partition coefficient (Wildman–Crippen LogP) is 1.11. The van der Waals surface area contributed by atoms with Crippen LogP contribution in [0.4, 0.5) is 5.00 Å². The number of aromatic nitrogens is 2. The first-order chi connectivity index (χ1) is 8.20. The summed E-state index contributed by atoms with van der Waals surface area (Å²) in [6, 6.07) is 0.588. The summed E-state index contributed by atoms with van der Waals surface area (Å²) in [5.41, 5.74) is 1.09. The monoisotopic (exact) mass is 255 g/mol. The molecule has 2 heterocycles. The number of piperazine rings is 1. The van der Waals surface area contributed by atoms with Crippen molar-refractivity contribution in [1.29, 1.82) is 0 Å². The van der Waals surface area contributed by atoms with Crippen LogP contribution in [0.5, 0.6) is 0 Å². The zero-order chi connectivity index (χ0) is 12.3. The van der Waals surface area contributed by atoms with E-state index in [-0.39, 0.29) is 0 Å². The normalized spacial score (nSPS) is 22.9. The van der Waals surface area contributed by atoms with Gasteiger partial charge in [-0.25, -0.2) is 0 Å². The number of hydrogen-bond donors (Lipinski definition) is 1. The smallest absolute Gasteiger partial charge is 0.134 e. The number of anilines is 1. The maximum atomic E-state index is 4.23. The van der Waals surface area contributed by atoms with E-state index in [0.29, 0.717) is 6.04 Å². The van der Waals surface area contributed by atoms with Crippen molar-refractivity contribution in [2.75, 3.05) is 38.5 Å². The lowest BCUT2D eigenvalue weighted by Gasteiger charge is -2.37. The zero-order valence-electron chi connectivity index (χ0n) is 10.8. The number of rotatable bonds is 4. The van der Waals surface area contributed by atoms with E-state index in [1.807, 2.05) is 0 Å². The molecule has 0 saturated carbocycles. The molecule has 17 heavy (non-hydrogen) atoms. The van der Waals surface area contributed by atoms with Gasteiger partial charge in [0.05, 0.1) is 0 Å². The van der Waals surface area contributed by atoms with Gasteiger partial charge in [0.25, 0.3) is 0 Å². The van der Waals surface area contributed by atoms with Gasteiger partial charge in [-0.2, -0.15) is 0 Å². The Labute approximate surface area is 107 Å². The van der Waals surface area contributed by atoms with Gasteiger partial charge in [-0.3, -0.25) is 4.90 Å². The van der Waals surface area contributed by atoms with Crippen LogP contribution < -0.4 is 5.32 Å². The van der Waals surface area contributed by atoms with Crippen LogP contribution in [0.1, 0.15) is 19.5 Å². The Bertz CT molecular complexity index is 353. The van der Waals surface area contributed by atoms with Crippen molar-refractivity contribution in [3.8, 4) is 0 Å². The van der Waals surface area contributed by atoms with E-state index in [4.69, 9.17) is 0 Å². The third-order valence-electron chi connectivity index (χ3n) is 3.21. The summed E-state index contributed by atoms with van der Waals surface area (Å²) in [7, 11) is 2.18. The van der Waals surface area contributed by atoms with Crippen molar-refractivity contribution in [2.24, 2.45) is 0 Å². The van der Waals surface area contributed by atoms with Crippen LogP contribution in [-0.4, -0.2) is 58.7 Å². The van der Waals surface area contributed by atoms with Gasteiger partial charge in [-0.1, -0.05) is 4.49 Å². The van der Waals surface area contributed by atoms with Gasteiger partial charge in [-0.05, 0) is 20.9 Å². The fraction of sp³-hybridized carbons (Fsp3) is 0.818. The quantitative estimate of drug-likeness (QED) is 0.873. The molecule has 0 aliphatic carbocycles. The number of nitrogens with zero attached hydrogens (tertiary/aromatic N) is 4. The van der Waals surface area contributed by atoms with Gasteiger partial charge in [0, 0.05) is 50.3 Å². The van der Waals surface area contributed by atoms with Gasteiger partial charge in [0.15, 0.2) is 0 Å². The molecule has 96 valence electrons. The number of hydrogen-bond acceptors (Lipinski definition) is 6. The molecule has 2 rings (SSSR count). The van der Waals surface area contributed by atoms with Gasteiger partial charge >= 0.3 is 0 Å². The summed E-state index contributed by atoms with van der Waals surface area (Å²) < 4.78 is 4.04. The Kier molecular flexibility index (Phi) is 4.31. The highest BCUT2D eigenvalue weighted by Gasteiger charge is 2.23. The molecule has 1 aliphatic heterocycles. The highest BCUT2D eigenvalue weighted by atomic mass is 32.1. The first kappa shape index (κ1) is 12.7. The minimum Gasteiger partial charge on any atom is -0.374 e. The summed E-state index contributed by atoms with van der Waals surface area (Å²) in [5.74, 6) is 0. The summed E-state index contributed by atoms with van der Waals surface area (Å²) >= 11 is 1.46. The van der Waals surface area contributed by atoms with E-state index in [0.717, 1.165) is 43.4 Å². The Morgan fingerprint density at radius 3 is 3.00 bits per heavy atom. The molecule has 6 heteroatoms. The summed E-state index contributed by atoms with van der Waals surface area (Å²) in [6.07, 6.45) is 0. The molecule has 1 atom stereocenters. The first-order valence-corrected chi connectivity index (χ1v) is 6.95. The second kappa shape index (κ2) is 5.75. The topological polar surface area (TPSA) is 44.3 Å². The molecule has 1 unspecified atom stereocenters. The first-order valence-electron chi connectivity index (χ1n) is 6.18. The molecular formula is C11H21N5S. The highest BCUT2D eigenvalue weighted by molar-refractivity contribution is 7.10. The van der Waals surface area contributed by atoms with Crippen LogP contribution in [0.2, 0.25) is 0 Å². The minimum absolute atomic E-state index is 0.588. The van der Waals surface area contributed by atoms with E-state index in [9.17, 15) is 0 Å². The van der Waals surface area contributed by atoms with Crippen molar-refractivity contribution < 1.29 is 0 Å². The van der Waals surface area contributed by atoms with E-state index in [1.165, 1.54) is 11.5 Å². The average Bonchev–Trinajstić information content (AvgIpc) is 2.71. The second-order valence-corrected chi connectivity index (χ2v) is 5.41. The summed E-state index contributed by atoms with van der Waals surface area (Å²) in [4.78, 5) is 4.86. The van der Waals surface area contributed by atoms with E-state index >= 15 is 0 Å². The SMILES string of the molecule is CCNc1snnc1CN1CCN(C)CC1C. The van der Waals surface area contributed by atoms with Gasteiger partial charge in [0.2, 0.25) is 0 Å². The molecule has 1 aromatic rings. The molecule has 1 fully saturated rings. The molecule has 0 amide bonds. The van der Waals surface area contributed by atoms with Crippen molar-refractivity contribution in [3.05, 3.63) is 5.69 Å². The Morgan fingerprint density at radius 2 is 2.29 bits per heavy atom. The Balaban J connectivity index is 1.97. The third kappa shape index (κ3) is 3.14. The minimum atomic E-state index is 0.588. The lowest BCUT2D eigenvalue weighted by molar-refractivity contribution is 0.0929. The molecular weight excluding hydrogens is 234 g/mol.